The zero-order chi connectivity index (χ0) is 25.6. The van der Waals surface area contributed by atoms with Crippen LogP contribution in [0.5, 0.6) is 0 Å². The van der Waals surface area contributed by atoms with Gasteiger partial charge in [-0.2, -0.15) is 0 Å². The second kappa shape index (κ2) is 11.0. The average Bonchev–Trinajstić information content (AvgIpc) is 3.27. The lowest BCUT2D eigenvalue weighted by Crippen LogP contribution is -2.37. The van der Waals surface area contributed by atoms with Crippen LogP contribution >= 0.6 is 0 Å². The van der Waals surface area contributed by atoms with Gasteiger partial charge in [0, 0.05) is 30.7 Å². The van der Waals surface area contributed by atoms with E-state index in [9.17, 15) is 4.39 Å². The van der Waals surface area contributed by atoms with E-state index < -0.39 is 5.82 Å². The van der Waals surface area contributed by atoms with E-state index in [1.54, 1.807) is 23.1 Å². The van der Waals surface area contributed by atoms with Gasteiger partial charge in [0.15, 0.2) is 5.84 Å². The van der Waals surface area contributed by atoms with Gasteiger partial charge in [0.25, 0.3) is 0 Å². The third-order valence-electron chi connectivity index (χ3n) is 5.94. The number of nitrogens with zero attached hydrogens (tertiary/aromatic N) is 4. The van der Waals surface area contributed by atoms with Gasteiger partial charge in [-0.05, 0) is 48.5 Å². The minimum atomic E-state index is -0.395. The smallest absolute Gasteiger partial charge is 0.214 e. The summed E-state index contributed by atoms with van der Waals surface area (Å²) in [6.07, 6.45) is 1.37. The number of nitrogens with two attached hydrogens (primary N) is 1. The number of amidine groups is 1. The highest BCUT2D eigenvalue weighted by atomic mass is 19.1. The number of anilines is 4. The molecule has 37 heavy (non-hydrogen) atoms. The Morgan fingerprint density at radius 2 is 1.68 bits per heavy atom. The Bertz CT molecular complexity index is 1350. The van der Waals surface area contributed by atoms with Crippen LogP contribution in [0, 0.1) is 5.82 Å². The molecule has 188 valence electrons. The average molecular weight is 498 g/mol. The second-order valence-corrected chi connectivity index (χ2v) is 8.42. The first-order valence-electron chi connectivity index (χ1n) is 12.0. The number of hydrogen-bond acceptors (Lipinski definition) is 7. The van der Waals surface area contributed by atoms with Crippen molar-refractivity contribution in [2.75, 3.05) is 46.7 Å². The zero-order valence-electron chi connectivity index (χ0n) is 20.3. The molecule has 8 nitrogen and oxygen atoms in total. The molecule has 0 unspecified atom stereocenters. The molecule has 2 aliphatic rings. The molecule has 0 aromatic heterocycles. The van der Waals surface area contributed by atoms with Crippen LogP contribution in [-0.4, -0.2) is 38.1 Å². The first-order valence-corrected chi connectivity index (χ1v) is 12.0. The van der Waals surface area contributed by atoms with E-state index in [2.05, 4.69) is 39.2 Å². The molecule has 0 amide bonds. The predicted molar refractivity (Wildman–Crippen MR) is 148 cm³/mol. The summed E-state index contributed by atoms with van der Waals surface area (Å²) in [4.78, 5) is 13.4. The summed E-state index contributed by atoms with van der Waals surface area (Å²) in [6.45, 7) is 7.31. The number of aliphatic imine (C=N–C) groups is 2. The SMILES string of the molecule is C=C(/N=C1\C(=C/N)N=C(Nc2ccccc2F)N1c1ccccc1)Nc1ccc(N2CCOCC2)cc1. The Labute approximate surface area is 215 Å². The standard InChI is InChI=1S/C28H28FN7O/c1-20(31-21-11-13-22(14-12-21)35-15-17-37-18-16-35)32-27-26(19-30)34-28(33-25-10-6-5-9-24(25)29)36(27)23-7-3-2-4-8-23/h2-14,19,31H,1,15-18,30H2,(H,33,34)/b26-19+,32-27+. The van der Waals surface area contributed by atoms with E-state index in [1.807, 2.05) is 42.5 Å². The molecule has 1 saturated heterocycles. The topological polar surface area (TPSA) is 90.5 Å². The number of ether oxygens (including phenoxy) is 1. The largest absolute Gasteiger partial charge is 0.403 e. The lowest BCUT2D eigenvalue weighted by atomic mass is 10.2. The number of halogens is 1. The van der Waals surface area contributed by atoms with E-state index in [0.717, 1.165) is 43.4 Å². The maximum Gasteiger partial charge on any atom is 0.214 e. The Morgan fingerprint density at radius 3 is 2.38 bits per heavy atom. The Hall–Kier alpha value is -4.63. The van der Waals surface area contributed by atoms with Crippen molar-refractivity contribution in [2.45, 2.75) is 0 Å². The van der Waals surface area contributed by atoms with Crippen molar-refractivity contribution in [3.63, 3.8) is 0 Å². The fraction of sp³-hybridized carbons (Fsp3) is 0.143. The summed E-state index contributed by atoms with van der Waals surface area (Å²) in [5.74, 6) is 0.828. The van der Waals surface area contributed by atoms with Crippen molar-refractivity contribution in [3.8, 4) is 0 Å². The number of para-hydroxylation sites is 2. The van der Waals surface area contributed by atoms with Crippen LogP contribution in [0.2, 0.25) is 0 Å². The predicted octanol–water partition coefficient (Wildman–Crippen LogP) is 4.73. The van der Waals surface area contributed by atoms with E-state index in [-0.39, 0.29) is 5.69 Å². The van der Waals surface area contributed by atoms with Crippen molar-refractivity contribution in [2.24, 2.45) is 15.7 Å². The highest BCUT2D eigenvalue weighted by Crippen LogP contribution is 2.27. The van der Waals surface area contributed by atoms with E-state index in [4.69, 9.17) is 15.5 Å². The molecule has 0 radical (unpaired) electrons. The fourth-order valence-electron chi connectivity index (χ4n) is 4.14. The van der Waals surface area contributed by atoms with Gasteiger partial charge in [0.1, 0.15) is 17.3 Å². The molecule has 0 aliphatic carbocycles. The summed E-state index contributed by atoms with van der Waals surface area (Å²) in [5, 5.41) is 6.31. The number of benzene rings is 3. The number of morpholine rings is 1. The minimum absolute atomic E-state index is 0.289. The maximum absolute atomic E-state index is 14.4. The normalized spacial score (nSPS) is 17.7. The number of nitrogens with one attached hydrogen (secondary N) is 2. The molecular formula is C28H28FN7O. The molecular weight excluding hydrogens is 469 g/mol. The highest BCUT2D eigenvalue weighted by molar-refractivity contribution is 6.32. The van der Waals surface area contributed by atoms with Crippen molar-refractivity contribution < 1.29 is 9.13 Å². The summed E-state index contributed by atoms with van der Waals surface area (Å²) in [5.41, 5.74) is 9.41. The number of rotatable bonds is 6. The number of guanidine groups is 1. The fourth-order valence-corrected chi connectivity index (χ4v) is 4.14. The summed E-state index contributed by atoms with van der Waals surface area (Å²) >= 11 is 0. The van der Waals surface area contributed by atoms with Gasteiger partial charge in [0.05, 0.1) is 24.6 Å². The van der Waals surface area contributed by atoms with Gasteiger partial charge < -0.3 is 26.0 Å². The van der Waals surface area contributed by atoms with E-state index in [1.165, 1.54) is 12.3 Å². The molecule has 9 heteroatoms. The molecule has 3 aromatic rings. The third kappa shape index (κ3) is 5.46. The van der Waals surface area contributed by atoms with Crippen LogP contribution in [0.15, 0.2) is 113 Å². The minimum Gasteiger partial charge on any atom is -0.403 e. The quantitative estimate of drug-likeness (QED) is 0.456. The third-order valence-corrected chi connectivity index (χ3v) is 5.94. The summed E-state index contributed by atoms with van der Waals surface area (Å²) in [7, 11) is 0. The second-order valence-electron chi connectivity index (χ2n) is 8.42. The van der Waals surface area contributed by atoms with E-state index in [0.29, 0.717) is 23.3 Å². The Kier molecular flexibility index (Phi) is 7.14. The van der Waals surface area contributed by atoms with Gasteiger partial charge in [-0.25, -0.2) is 14.4 Å². The van der Waals surface area contributed by atoms with Crippen molar-refractivity contribution in [1.29, 1.82) is 0 Å². The molecule has 0 bridgehead atoms. The molecule has 1 fully saturated rings. The van der Waals surface area contributed by atoms with Gasteiger partial charge >= 0.3 is 0 Å². The monoisotopic (exact) mass is 497 g/mol. The van der Waals surface area contributed by atoms with Gasteiger partial charge in [-0.1, -0.05) is 36.9 Å². The highest BCUT2D eigenvalue weighted by Gasteiger charge is 2.30. The van der Waals surface area contributed by atoms with Crippen LogP contribution < -0.4 is 26.2 Å². The van der Waals surface area contributed by atoms with Gasteiger partial charge in [-0.3, -0.25) is 4.90 Å². The molecule has 0 saturated carbocycles. The van der Waals surface area contributed by atoms with Crippen LogP contribution in [0.4, 0.5) is 27.1 Å². The van der Waals surface area contributed by atoms with Crippen LogP contribution in [-0.2, 0) is 4.74 Å². The Morgan fingerprint density at radius 1 is 0.973 bits per heavy atom. The molecule has 2 heterocycles. The van der Waals surface area contributed by atoms with Crippen LogP contribution in [0.1, 0.15) is 0 Å². The first kappa shape index (κ1) is 24.1. The van der Waals surface area contributed by atoms with Crippen molar-refractivity contribution in [3.05, 3.63) is 109 Å². The van der Waals surface area contributed by atoms with Gasteiger partial charge in [-0.15, -0.1) is 0 Å². The van der Waals surface area contributed by atoms with Crippen LogP contribution in [0.25, 0.3) is 0 Å². The lowest BCUT2D eigenvalue weighted by molar-refractivity contribution is 0.122. The maximum atomic E-state index is 14.4. The molecule has 0 spiro atoms. The lowest BCUT2D eigenvalue weighted by Gasteiger charge is -2.29. The molecule has 5 rings (SSSR count). The molecule has 4 N–H and O–H groups in total. The Balaban J connectivity index is 1.39. The van der Waals surface area contributed by atoms with Crippen molar-refractivity contribution >= 4 is 34.5 Å². The van der Waals surface area contributed by atoms with Crippen LogP contribution in [0.3, 0.4) is 0 Å². The summed E-state index contributed by atoms with van der Waals surface area (Å²) < 4.78 is 19.8. The molecule has 3 aromatic carbocycles. The first-order chi connectivity index (χ1) is 18.1. The molecule has 0 atom stereocenters. The zero-order valence-corrected chi connectivity index (χ0v) is 20.3. The van der Waals surface area contributed by atoms with E-state index >= 15 is 0 Å². The van der Waals surface area contributed by atoms with Crippen molar-refractivity contribution in [1.82, 2.24) is 0 Å². The van der Waals surface area contributed by atoms with Gasteiger partial charge in [0.2, 0.25) is 5.96 Å². The number of hydrogen-bond donors (Lipinski definition) is 3. The summed E-state index contributed by atoms with van der Waals surface area (Å²) in [6, 6.07) is 24.0. The molecule has 2 aliphatic heterocycles.